The second-order valence-electron chi connectivity index (χ2n) is 5.67. The van der Waals surface area contributed by atoms with Crippen LogP contribution in [0.2, 0.25) is 0 Å². The maximum absolute atomic E-state index is 9.56. The molecule has 0 atom stereocenters. The normalized spacial score (nSPS) is 11.9. The predicted molar refractivity (Wildman–Crippen MR) is 90.5 cm³/mol. The Morgan fingerprint density at radius 2 is 1.78 bits per heavy atom. The van der Waals surface area contributed by atoms with E-state index in [1.807, 2.05) is 42.5 Å². The molecule has 4 heteroatoms. The summed E-state index contributed by atoms with van der Waals surface area (Å²) in [5, 5.41) is 11.9. The third-order valence-corrected chi connectivity index (χ3v) is 4.33. The monoisotopic (exact) mass is 299 g/mol. The number of benzene rings is 1. The van der Waals surface area contributed by atoms with Crippen LogP contribution in [0, 0.1) is 0 Å². The number of imidazole rings is 1. The largest absolute Gasteiger partial charge is 0.392 e. The predicted octanol–water partition coefficient (Wildman–Crippen LogP) is 3.63. The van der Waals surface area contributed by atoms with Crippen molar-refractivity contribution in [2.75, 3.05) is 0 Å². The molecule has 0 bridgehead atoms. The van der Waals surface area contributed by atoms with Gasteiger partial charge in [-0.2, -0.15) is 0 Å². The van der Waals surface area contributed by atoms with Crippen molar-refractivity contribution >= 4 is 27.5 Å². The average Bonchev–Trinajstić information content (AvgIpc) is 3.16. The van der Waals surface area contributed by atoms with Crippen molar-refractivity contribution in [3.05, 3.63) is 66.4 Å². The highest BCUT2D eigenvalue weighted by atomic mass is 16.3. The summed E-state index contributed by atoms with van der Waals surface area (Å²) in [4.78, 5) is 9.26. The van der Waals surface area contributed by atoms with E-state index in [0.29, 0.717) is 0 Å². The Bertz CT molecular complexity index is 1150. The van der Waals surface area contributed by atoms with E-state index in [0.717, 1.165) is 39.0 Å². The van der Waals surface area contributed by atoms with E-state index in [2.05, 4.69) is 21.5 Å². The van der Waals surface area contributed by atoms with Crippen LogP contribution in [-0.2, 0) is 6.61 Å². The summed E-state index contributed by atoms with van der Waals surface area (Å²) in [7, 11) is 0. The number of hydrogen-bond acceptors (Lipinski definition) is 3. The van der Waals surface area contributed by atoms with Crippen LogP contribution in [0.3, 0.4) is 0 Å². The van der Waals surface area contributed by atoms with Gasteiger partial charge in [-0.3, -0.25) is 9.38 Å². The first kappa shape index (κ1) is 12.6. The van der Waals surface area contributed by atoms with Crippen LogP contribution in [0.15, 0.2) is 60.8 Å². The van der Waals surface area contributed by atoms with E-state index in [1.54, 1.807) is 6.20 Å². The number of aliphatic hydroxyl groups excluding tert-OH is 1. The molecular formula is C19H13N3O. The summed E-state index contributed by atoms with van der Waals surface area (Å²) < 4.78 is 2.16. The molecule has 0 aliphatic carbocycles. The SMILES string of the molecule is OCc1cc2nc(-c3ccccn3)c3c4ccccc4c(c1)n23. The number of fused-ring (bicyclic) bond motifs is 3. The average molecular weight is 299 g/mol. The van der Waals surface area contributed by atoms with E-state index in [-0.39, 0.29) is 6.61 Å². The quantitative estimate of drug-likeness (QED) is 0.541. The molecule has 0 fully saturated rings. The molecule has 0 spiro atoms. The number of aliphatic hydroxyl groups is 1. The van der Waals surface area contributed by atoms with E-state index < -0.39 is 0 Å². The minimum Gasteiger partial charge on any atom is -0.392 e. The van der Waals surface area contributed by atoms with Gasteiger partial charge in [-0.25, -0.2) is 4.98 Å². The number of nitrogens with zero attached hydrogens (tertiary/aromatic N) is 3. The molecule has 110 valence electrons. The number of rotatable bonds is 2. The molecule has 0 amide bonds. The summed E-state index contributed by atoms with van der Waals surface area (Å²) in [5.74, 6) is 0. The van der Waals surface area contributed by atoms with Crippen LogP contribution < -0.4 is 0 Å². The van der Waals surface area contributed by atoms with Gasteiger partial charge in [-0.15, -0.1) is 0 Å². The van der Waals surface area contributed by atoms with Gasteiger partial charge in [0.15, 0.2) is 0 Å². The summed E-state index contributed by atoms with van der Waals surface area (Å²) >= 11 is 0. The molecule has 23 heavy (non-hydrogen) atoms. The van der Waals surface area contributed by atoms with Crippen LogP contribution in [-0.4, -0.2) is 19.5 Å². The highest BCUT2D eigenvalue weighted by molar-refractivity contribution is 6.13. The Balaban J connectivity index is 2.04. The zero-order chi connectivity index (χ0) is 15.4. The lowest BCUT2D eigenvalue weighted by Gasteiger charge is -1.99. The second-order valence-corrected chi connectivity index (χ2v) is 5.67. The van der Waals surface area contributed by atoms with Crippen molar-refractivity contribution in [2.45, 2.75) is 6.61 Å². The molecule has 0 aliphatic heterocycles. The zero-order valence-corrected chi connectivity index (χ0v) is 12.3. The Hall–Kier alpha value is -2.98. The number of pyridine rings is 2. The van der Waals surface area contributed by atoms with Crippen molar-refractivity contribution in [1.82, 2.24) is 14.4 Å². The Morgan fingerprint density at radius 1 is 0.957 bits per heavy atom. The minimum atomic E-state index is 0.00673. The molecule has 4 nitrogen and oxygen atoms in total. The molecule has 0 radical (unpaired) electrons. The van der Waals surface area contributed by atoms with Crippen molar-refractivity contribution in [3.8, 4) is 11.4 Å². The number of aromatic nitrogens is 3. The van der Waals surface area contributed by atoms with Gasteiger partial charge in [0.05, 0.1) is 23.3 Å². The molecule has 1 N–H and O–H groups in total. The zero-order valence-electron chi connectivity index (χ0n) is 12.3. The molecule has 1 aromatic carbocycles. The van der Waals surface area contributed by atoms with Gasteiger partial charge in [0.1, 0.15) is 11.3 Å². The van der Waals surface area contributed by atoms with Gasteiger partial charge in [0, 0.05) is 17.0 Å². The first-order valence-electron chi connectivity index (χ1n) is 7.54. The van der Waals surface area contributed by atoms with Gasteiger partial charge in [0.25, 0.3) is 0 Å². The maximum Gasteiger partial charge on any atom is 0.138 e. The van der Waals surface area contributed by atoms with E-state index in [4.69, 9.17) is 4.98 Å². The van der Waals surface area contributed by atoms with Crippen LogP contribution in [0.1, 0.15) is 5.56 Å². The molecule has 4 heterocycles. The Kier molecular flexibility index (Phi) is 2.46. The molecule has 4 aromatic heterocycles. The van der Waals surface area contributed by atoms with Gasteiger partial charge in [0.2, 0.25) is 0 Å². The fraction of sp³-hybridized carbons (Fsp3) is 0.0526. The smallest absolute Gasteiger partial charge is 0.138 e. The standard InChI is InChI=1S/C19H13N3O/c23-11-12-9-16-13-5-1-2-6-14(13)19-18(15-7-3-4-8-20-15)21-17(10-12)22(16)19/h1-10,23H,11H2. The lowest BCUT2D eigenvalue weighted by Crippen LogP contribution is -1.89. The lowest BCUT2D eigenvalue weighted by atomic mass is 10.1. The third kappa shape index (κ3) is 1.64. The molecule has 5 aromatic rings. The summed E-state index contributed by atoms with van der Waals surface area (Å²) in [5.41, 5.74) is 5.61. The summed E-state index contributed by atoms with van der Waals surface area (Å²) in [6.45, 7) is 0.00673. The summed E-state index contributed by atoms with van der Waals surface area (Å²) in [6, 6.07) is 18.1. The van der Waals surface area contributed by atoms with Gasteiger partial charge < -0.3 is 5.11 Å². The fourth-order valence-electron chi connectivity index (χ4n) is 3.36. The highest BCUT2D eigenvalue weighted by Crippen LogP contribution is 2.36. The molecular weight excluding hydrogens is 286 g/mol. The van der Waals surface area contributed by atoms with E-state index >= 15 is 0 Å². The number of hydrogen-bond donors (Lipinski definition) is 1. The van der Waals surface area contributed by atoms with Crippen molar-refractivity contribution < 1.29 is 5.11 Å². The lowest BCUT2D eigenvalue weighted by molar-refractivity contribution is 0.282. The molecule has 0 aliphatic rings. The van der Waals surface area contributed by atoms with E-state index in [1.165, 1.54) is 5.39 Å². The Morgan fingerprint density at radius 3 is 2.57 bits per heavy atom. The first-order chi connectivity index (χ1) is 11.4. The van der Waals surface area contributed by atoms with E-state index in [9.17, 15) is 5.11 Å². The molecule has 0 saturated heterocycles. The van der Waals surface area contributed by atoms with Gasteiger partial charge >= 0.3 is 0 Å². The van der Waals surface area contributed by atoms with Crippen LogP contribution in [0.5, 0.6) is 0 Å². The first-order valence-corrected chi connectivity index (χ1v) is 7.54. The van der Waals surface area contributed by atoms with Crippen LogP contribution in [0.25, 0.3) is 38.8 Å². The molecule has 5 rings (SSSR count). The van der Waals surface area contributed by atoms with Gasteiger partial charge in [-0.05, 0) is 29.8 Å². The van der Waals surface area contributed by atoms with Gasteiger partial charge in [-0.1, -0.05) is 30.3 Å². The van der Waals surface area contributed by atoms with Crippen LogP contribution >= 0.6 is 0 Å². The third-order valence-electron chi connectivity index (χ3n) is 4.33. The van der Waals surface area contributed by atoms with Crippen molar-refractivity contribution in [2.24, 2.45) is 0 Å². The molecule has 0 saturated carbocycles. The van der Waals surface area contributed by atoms with Crippen LogP contribution in [0.4, 0.5) is 0 Å². The van der Waals surface area contributed by atoms with Crippen molar-refractivity contribution in [1.29, 1.82) is 0 Å². The maximum atomic E-state index is 9.56. The minimum absolute atomic E-state index is 0.00673. The second kappa shape index (κ2) is 4.51. The fourth-order valence-corrected chi connectivity index (χ4v) is 3.36. The summed E-state index contributed by atoms with van der Waals surface area (Å²) in [6.07, 6.45) is 1.78. The van der Waals surface area contributed by atoms with Crippen molar-refractivity contribution in [3.63, 3.8) is 0 Å². The Labute approximate surface area is 132 Å². The highest BCUT2D eigenvalue weighted by Gasteiger charge is 2.19. The molecule has 0 unspecified atom stereocenters. The topological polar surface area (TPSA) is 50.4 Å².